The van der Waals surface area contributed by atoms with E-state index < -0.39 is 17.3 Å². The molecule has 0 aliphatic carbocycles. The zero-order valence-electron chi connectivity index (χ0n) is 23.5. The zero-order chi connectivity index (χ0) is 29.4. The number of likely N-dealkylation sites (N-methyl/N-ethyl adjacent to an activating group) is 1. The first-order chi connectivity index (χ1) is 19.1. The molecule has 0 bridgehead atoms. The molecule has 2 aromatic carbocycles. The molecule has 0 heterocycles. The molecular weight excluding hydrogens is 517 g/mol. The fourth-order valence-electron chi connectivity index (χ4n) is 4.05. The van der Waals surface area contributed by atoms with E-state index in [0.29, 0.717) is 32.6 Å². The second-order valence-corrected chi connectivity index (χ2v) is 9.58. The van der Waals surface area contributed by atoms with Gasteiger partial charge in [0.2, 0.25) is 0 Å². The van der Waals surface area contributed by atoms with Gasteiger partial charge < -0.3 is 25.4 Å². The Morgan fingerprint density at radius 2 is 1.80 bits per heavy atom. The second kappa shape index (κ2) is 16.5. The summed E-state index contributed by atoms with van der Waals surface area (Å²) in [5, 5.41) is 17.5. The predicted octanol–water partition coefficient (Wildman–Crippen LogP) is 5.98. The molecule has 6 nitrogen and oxygen atoms in total. The van der Waals surface area contributed by atoms with Gasteiger partial charge in [-0.15, -0.1) is 0 Å². The van der Waals surface area contributed by atoms with Crippen LogP contribution in [0.5, 0.6) is 0 Å². The number of aliphatic hydroxyl groups is 1. The molecule has 9 heteroatoms. The Balaban J connectivity index is 2.14. The van der Waals surface area contributed by atoms with Crippen molar-refractivity contribution in [2.45, 2.75) is 44.6 Å². The lowest BCUT2D eigenvalue weighted by Crippen LogP contribution is -2.37. The summed E-state index contributed by atoms with van der Waals surface area (Å²) in [6.45, 7) is 6.64. The van der Waals surface area contributed by atoms with Crippen LogP contribution in [0, 0.1) is 0 Å². The fraction of sp³-hybridized carbons (Fsp3) is 0.387. The first-order valence-electron chi connectivity index (χ1n) is 13.2. The Morgan fingerprint density at radius 1 is 1.07 bits per heavy atom. The van der Waals surface area contributed by atoms with Crippen LogP contribution < -0.4 is 10.6 Å². The number of nitrogens with one attached hydrogen (secondary N) is 2. The van der Waals surface area contributed by atoms with Crippen LogP contribution in [-0.4, -0.2) is 50.5 Å². The van der Waals surface area contributed by atoms with Crippen molar-refractivity contribution in [2.75, 3.05) is 33.8 Å². The molecule has 0 spiro atoms. The lowest BCUT2D eigenvalue weighted by molar-refractivity contribution is -0.137. The maximum absolute atomic E-state index is 13.3. The molecule has 0 aromatic heterocycles. The molecule has 2 rings (SSSR count). The summed E-state index contributed by atoms with van der Waals surface area (Å²) in [6.07, 6.45) is 5.10. The summed E-state index contributed by atoms with van der Waals surface area (Å²) < 4.78 is 45.8. The number of hydrogen-bond acceptors (Lipinski definition) is 6. The lowest BCUT2D eigenvalue weighted by Gasteiger charge is -2.32. The standard InChI is InChI=1S/C31H41F3N4O2/c1-30(39,26-14-10-15-27(20-26)31(32,33)34)24-38(18-11-19-40-23-25-12-6-5-7-13-25)22-29(37-4)17-9-8-16-28(36-3)21-35-2/h5-8,10,12-16,20-22,36-37,39H,2,9,11,17-19,23-24H2,1,3-4H3/b16-8-,28-21+,29-22-. The van der Waals surface area contributed by atoms with Gasteiger partial charge in [0.15, 0.2) is 0 Å². The van der Waals surface area contributed by atoms with E-state index in [9.17, 15) is 18.3 Å². The minimum atomic E-state index is -4.49. The van der Waals surface area contributed by atoms with E-state index in [0.717, 1.165) is 35.5 Å². The van der Waals surface area contributed by atoms with Crippen LogP contribution in [0.15, 0.2) is 95.5 Å². The summed E-state index contributed by atoms with van der Waals surface area (Å²) in [7, 11) is 3.63. The quantitative estimate of drug-likeness (QED) is 0.127. The normalized spacial score (nSPS) is 14.2. The molecule has 218 valence electrons. The van der Waals surface area contributed by atoms with E-state index in [1.54, 1.807) is 13.2 Å². The van der Waals surface area contributed by atoms with E-state index >= 15 is 0 Å². The number of hydrogen-bond donors (Lipinski definition) is 3. The van der Waals surface area contributed by atoms with Gasteiger partial charge >= 0.3 is 6.18 Å². The molecule has 0 saturated heterocycles. The third-order valence-corrected chi connectivity index (χ3v) is 6.22. The highest BCUT2D eigenvalue weighted by molar-refractivity contribution is 5.30. The zero-order valence-corrected chi connectivity index (χ0v) is 23.5. The Kier molecular flexibility index (Phi) is 13.5. The topological polar surface area (TPSA) is 69.1 Å². The Bertz CT molecular complexity index is 1130. The number of nitrogens with zero attached hydrogens (tertiary/aromatic N) is 2. The second-order valence-electron chi connectivity index (χ2n) is 9.58. The number of benzene rings is 2. The van der Waals surface area contributed by atoms with Gasteiger partial charge in [-0.25, -0.2) is 0 Å². The van der Waals surface area contributed by atoms with Gasteiger partial charge in [0.1, 0.15) is 5.60 Å². The summed E-state index contributed by atoms with van der Waals surface area (Å²) in [5.41, 5.74) is 0.734. The van der Waals surface area contributed by atoms with Crippen molar-refractivity contribution < 1.29 is 23.0 Å². The molecule has 1 atom stereocenters. The first kappa shape index (κ1) is 32.7. The molecule has 0 amide bonds. The third kappa shape index (κ3) is 11.7. The van der Waals surface area contributed by atoms with Crippen molar-refractivity contribution in [2.24, 2.45) is 4.99 Å². The van der Waals surface area contributed by atoms with E-state index in [4.69, 9.17) is 4.74 Å². The van der Waals surface area contributed by atoms with Gasteiger partial charge in [-0.2, -0.15) is 13.2 Å². The summed E-state index contributed by atoms with van der Waals surface area (Å²) in [4.78, 5) is 5.69. The summed E-state index contributed by atoms with van der Waals surface area (Å²) >= 11 is 0. The molecule has 0 radical (unpaired) electrons. The molecule has 2 aromatic rings. The number of allylic oxidation sites excluding steroid dienone is 3. The van der Waals surface area contributed by atoms with Crippen molar-refractivity contribution in [3.05, 3.63) is 107 Å². The van der Waals surface area contributed by atoms with Crippen LogP contribution in [0.25, 0.3) is 0 Å². The maximum Gasteiger partial charge on any atom is 0.416 e. The first-order valence-corrected chi connectivity index (χ1v) is 13.2. The Morgan fingerprint density at radius 3 is 2.45 bits per heavy atom. The number of halogens is 3. The smallest absolute Gasteiger partial charge is 0.390 e. The van der Waals surface area contributed by atoms with Gasteiger partial charge in [0.25, 0.3) is 0 Å². The van der Waals surface area contributed by atoms with Crippen LogP contribution >= 0.6 is 0 Å². The number of rotatable bonds is 17. The van der Waals surface area contributed by atoms with Crippen molar-refractivity contribution in [3.63, 3.8) is 0 Å². The van der Waals surface area contributed by atoms with Gasteiger partial charge in [-0.05, 0) is 62.2 Å². The molecule has 0 aliphatic rings. The van der Waals surface area contributed by atoms with Crippen LogP contribution in [0.4, 0.5) is 13.2 Å². The van der Waals surface area contributed by atoms with Crippen LogP contribution in [0.3, 0.4) is 0 Å². The minimum absolute atomic E-state index is 0.103. The minimum Gasteiger partial charge on any atom is -0.390 e. The number of ether oxygens (including phenoxy) is 1. The largest absolute Gasteiger partial charge is 0.416 e. The molecule has 3 N–H and O–H groups in total. The van der Waals surface area contributed by atoms with Gasteiger partial charge in [-0.1, -0.05) is 48.5 Å². The van der Waals surface area contributed by atoms with Crippen molar-refractivity contribution in [1.82, 2.24) is 15.5 Å². The Labute approximate surface area is 236 Å². The molecule has 0 saturated carbocycles. The van der Waals surface area contributed by atoms with Crippen molar-refractivity contribution >= 4 is 6.72 Å². The summed E-state index contributed by atoms with van der Waals surface area (Å²) in [6, 6.07) is 14.7. The van der Waals surface area contributed by atoms with Crippen molar-refractivity contribution in [3.8, 4) is 0 Å². The van der Waals surface area contributed by atoms with Crippen molar-refractivity contribution in [1.29, 1.82) is 0 Å². The molecule has 1 unspecified atom stereocenters. The molecular formula is C31H41F3N4O2. The van der Waals surface area contributed by atoms with E-state index in [1.165, 1.54) is 19.1 Å². The van der Waals surface area contributed by atoms with Gasteiger partial charge in [0.05, 0.1) is 24.4 Å². The fourth-order valence-corrected chi connectivity index (χ4v) is 4.05. The number of alkyl halides is 3. The van der Waals surface area contributed by atoms with E-state index in [2.05, 4.69) is 22.3 Å². The maximum atomic E-state index is 13.3. The molecule has 0 fully saturated rings. The van der Waals surface area contributed by atoms with Gasteiger partial charge in [-0.3, -0.25) is 4.99 Å². The highest BCUT2D eigenvalue weighted by Crippen LogP contribution is 2.32. The van der Waals surface area contributed by atoms with E-state index in [-0.39, 0.29) is 12.1 Å². The lowest BCUT2D eigenvalue weighted by atomic mass is 9.93. The molecule has 40 heavy (non-hydrogen) atoms. The van der Waals surface area contributed by atoms with Crippen LogP contribution in [0.1, 0.15) is 42.9 Å². The third-order valence-electron chi connectivity index (χ3n) is 6.22. The molecule has 0 aliphatic heterocycles. The highest BCUT2D eigenvalue weighted by atomic mass is 19.4. The van der Waals surface area contributed by atoms with Gasteiger partial charge in [0, 0.05) is 45.3 Å². The average molecular weight is 559 g/mol. The van der Waals surface area contributed by atoms with Crippen LogP contribution in [-0.2, 0) is 23.1 Å². The predicted molar refractivity (Wildman–Crippen MR) is 156 cm³/mol. The van der Waals surface area contributed by atoms with E-state index in [1.807, 2.05) is 60.6 Å². The summed E-state index contributed by atoms with van der Waals surface area (Å²) in [5.74, 6) is 0. The average Bonchev–Trinajstić information content (AvgIpc) is 2.93. The Hall–Kier alpha value is -3.56. The monoisotopic (exact) mass is 558 g/mol. The van der Waals surface area contributed by atoms with Crippen LogP contribution in [0.2, 0.25) is 0 Å². The number of aliphatic imine (C=N–C) groups is 1. The highest BCUT2D eigenvalue weighted by Gasteiger charge is 2.33. The SMILES string of the molecule is C=N/C=C(\C=C/CC/C(=C/N(CCCOCc1ccccc1)CC(C)(O)c1cccc(C(F)(F)F)c1)NC)NC.